The topological polar surface area (TPSA) is 44.1 Å². The molecule has 0 rings (SSSR count). The number of hydrogen-bond acceptors (Lipinski definition) is 2. The smallest absolute Gasteiger partial charge is 0.243 e. The van der Waals surface area contributed by atoms with E-state index < -0.39 is 5.41 Å². The molecule has 1 amide bonds. The van der Waals surface area contributed by atoms with Crippen molar-refractivity contribution in [2.24, 2.45) is 5.41 Å². The summed E-state index contributed by atoms with van der Waals surface area (Å²) in [4.78, 5) is 13.3. The molecule has 0 N–H and O–H groups in total. The van der Waals surface area contributed by atoms with Gasteiger partial charge >= 0.3 is 0 Å². The lowest BCUT2D eigenvalue weighted by Crippen LogP contribution is -2.40. The van der Waals surface area contributed by atoms with Crippen molar-refractivity contribution in [3.8, 4) is 18.4 Å². The van der Waals surface area contributed by atoms with E-state index in [0.29, 0.717) is 12.8 Å². The third-order valence-electron chi connectivity index (χ3n) is 2.51. The van der Waals surface area contributed by atoms with Crippen molar-refractivity contribution in [1.29, 1.82) is 5.26 Å². The fourth-order valence-electron chi connectivity index (χ4n) is 1.33. The first kappa shape index (κ1) is 12.5. The van der Waals surface area contributed by atoms with Crippen molar-refractivity contribution in [3.05, 3.63) is 0 Å². The molecule has 0 aromatic rings. The minimum atomic E-state index is -0.897. The summed E-state index contributed by atoms with van der Waals surface area (Å²) >= 11 is 0. The molecule has 0 unspecified atom stereocenters. The molecule has 3 heteroatoms. The van der Waals surface area contributed by atoms with Crippen LogP contribution in [0, 0.1) is 29.1 Å². The van der Waals surface area contributed by atoms with E-state index >= 15 is 0 Å². The van der Waals surface area contributed by atoms with Crippen LogP contribution >= 0.6 is 0 Å². The summed E-state index contributed by atoms with van der Waals surface area (Å²) in [5.74, 6) is 2.21. The molecular formula is C11H16N2O. The normalized spacial score (nSPS) is 10.1. The van der Waals surface area contributed by atoms with E-state index in [2.05, 4.69) is 12.0 Å². The number of nitrogens with zero attached hydrogens (tertiary/aromatic N) is 2. The maximum absolute atomic E-state index is 11.9. The Balaban J connectivity index is 4.80. The average molecular weight is 192 g/mol. The second-order valence-corrected chi connectivity index (χ2v) is 3.27. The van der Waals surface area contributed by atoms with Crippen molar-refractivity contribution in [1.82, 2.24) is 4.90 Å². The number of hydrogen-bond donors (Lipinski definition) is 0. The van der Waals surface area contributed by atoms with Crippen LogP contribution in [0.1, 0.15) is 26.7 Å². The van der Waals surface area contributed by atoms with Crippen LogP contribution in [-0.2, 0) is 4.79 Å². The molecule has 0 aromatic heterocycles. The Morgan fingerprint density at radius 2 is 2.00 bits per heavy atom. The average Bonchev–Trinajstić information content (AvgIpc) is 2.21. The molecule has 0 fully saturated rings. The second kappa shape index (κ2) is 5.29. The zero-order chi connectivity index (χ0) is 11.2. The Morgan fingerprint density at radius 3 is 2.29 bits per heavy atom. The Kier molecular flexibility index (Phi) is 4.73. The maximum atomic E-state index is 11.9. The largest absolute Gasteiger partial charge is 0.333 e. The van der Waals surface area contributed by atoms with Crippen LogP contribution in [0.2, 0.25) is 0 Å². The van der Waals surface area contributed by atoms with Crippen molar-refractivity contribution >= 4 is 5.91 Å². The Morgan fingerprint density at radius 1 is 1.50 bits per heavy atom. The van der Waals surface area contributed by atoms with Gasteiger partial charge in [0.1, 0.15) is 5.41 Å². The first-order chi connectivity index (χ1) is 6.57. The van der Waals surface area contributed by atoms with Gasteiger partial charge in [-0.15, -0.1) is 6.42 Å². The fourth-order valence-corrected chi connectivity index (χ4v) is 1.33. The first-order valence-electron chi connectivity index (χ1n) is 4.68. The number of rotatable bonds is 4. The summed E-state index contributed by atoms with van der Waals surface area (Å²) in [5, 5.41) is 9.01. The monoisotopic (exact) mass is 192 g/mol. The Hall–Kier alpha value is -1.48. The van der Waals surface area contributed by atoms with E-state index in [1.807, 2.05) is 13.8 Å². The molecule has 0 radical (unpaired) electrons. The van der Waals surface area contributed by atoms with Gasteiger partial charge in [0.15, 0.2) is 0 Å². The van der Waals surface area contributed by atoms with Gasteiger partial charge < -0.3 is 4.90 Å². The van der Waals surface area contributed by atoms with Gasteiger partial charge in [0, 0.05) is 7.05 Å². The van der Waals surface area contributed by atoms with Crippen LogP contribution in [0.5, 0.6) is 0 Å². The van der Waals surface area contributed by atoms with Crippen LogP contribution in [0.15, 0.2) is 0 Å². The molecular weight excluding hydrogens is 176 g/mol. The van der Waals surface area contributed by atoms with Crippen LogP contribution in [0.25, 0.3) is 0 Å². The summed E-state index contributed by atoms with van der Waals surface area (Å²) in [6.45, 7) is 3.94. The first-order valence-corrected chi connectivity index (χ1v) is 4.68. The van der Waals surface area contributed by atoms with E-state index in [1.54, 1.807) is 7.05 Å². The van der Waals surface area contributed by atoms with E-state index in [-0.39, 0.29) is 12.5 Å². The third-order valence-corrected chi connectivity index (χ3v) is 2.51. The standard InChI is InChI=1S/C11H16N2O/c1-5-8-13(4)10(14)11(6-2,7-3)9-12/h1H,6-8H2,2-4H3. The van der Waals surface area contributed by atoms with Gasteiger partial charge in [0.05, 0.1) is 12.6 Å². The van der Waals surface area contributed by atoms with E-state index in [0.717, 1.165) is 0 Å². The fraction of sp³-hybridized carbons (Fsp3) is 0.636. The van der Waals surface area contributed by atoms with Crippen molar-refractivity contribution in [3.63, 3.8) is 0 Å². The summed E-state index contributed by atoms with van der Waals surface area (Å²) in [6.07, 6.45) is 6.15. The van der Waals surface area contributed by atoms with Crippen LogP contribution in [0.3, 0.4) is 0 Å². The SMILES string of the molecule is C#CCN(C)C(=O)C(C#N)(CC)CC. The number of carbonyl (C=O) groups is 1. The van der Waals surface area contributed by atoms with Crippen molar-refractivity contribution in [2.75, 3.05) is 13.6 Å². The summed E-state index contributed by atoms with van der Waals surface area (Å²) in [5.41, 5.74) is -0.897. The van der Waals surface area contributed by atoms with Crippen molar-refractivity contribution < 1.29 is 4.79 Å². The predicted molar refractivity (Wildman–Crippen MR) is 55.1 cm³/mol. The predicted octanol–water partition coefficient (Wildman–Crippen LogP) is 1.41. The molecule has 0 aliphatic heterocycles. The molecule has 0 bridgehead atoms. The second-order valence-electron chi connectivity index (χ2n) is 3.27. The van der Waals surface area contributed by atoms with Gasteiger partial charge in [-0.2, -0.15) is 5.26 Å². The quantitative estimate of drug-likeness (QED) is 0.632. The van der Waals surface area contributed by atoms with Gasteiger partial charge in [0.2, 0.25) is 5.91 Å². The van der Waals surface area contributed by atoms with Crippen LogP contribution in [-0.4, -0.2) is 24.4 Å². The highest BCUT2D eigenvalue weighted by molar-refractivity contribution is 5.85. The van der Waals surface area contributed by atoms with Gasteiger partial charge in [-0.3, -0.25) is 4.79 Å². The van der Waals surface area contributed by atoms with E-state index in [1.165, 1.54) is 4.90 Å². The molecule has 0 spiro atoms. The molecule has 0 aliphatic carbocycles. The van der Waals surface area contributed by atoms with Gasteiger partial charge in [0.25, 0.3) is 0 Å². The Bertz CT molecular complexity index is 279. The molecule has 0 aromatic carbocycles. The number of nitriles is 1. The summed E-state index contributed by atoms with van der Waals surface area (Å²) < 4.78 is 0. The number of amides is 1. The van der Waals surface area contributed by atoms with E-state index in [9.17, 15) is 4.79 Å². The highest BCUT2D eigenvalue weighted by Crippen LogP contribution is 2.27. The molecule has 14 heavy (non-hydrogen) atoms. The zero-order valence-corrected chi connectivity index (χ0v) is 9.00. The lowest BCUT2D eigenvalue weighted by Gasteiger charge is -2.27. The lowest BCUT2D eigenvalue weighted by atomic mass is 9.82. The number of terminal acetylenes is 1. The lowest BCUT2D eigenvalue weighted by molar-refractivity contribution is -0.137. The van der Waals surface area contributed by atoms with E-state index in [4.69, 9.17) is 11.7 Å². The van der Waals surface area contributed by atoms with Gasteiger partial charge in [-0.1, -0.05) is 19.8 Å². The van der Waals surface area contributed by atoms with Gasteiger partial charge in [-0.05, 0) is 12.8 Å². The minimum absolute atomic E-state index is 0.178. The Labute approximate surface area is 85.7 Å². The molecule has 0 saturated carbocycles. The van der Waals surface area contributed by atoms with Crippen LogP contribution in [0.4, 0.5) is 0 Å². The molecule has 0 atom stereocenters. The molecule has 0 heterocycles. The third kappa shape index (κ3) is 2.26. The zero-order valence-electron chi connectivity index (χ0n) is 9.00. The summed E-state index contributed by atoms with van der Waals surface area (Å²) in [7, 11) is 1.62. The molecule has 3 nitrogen and oxygen atoms in total. The molecule has 0 aliphatic rings. The van der Waals surface area contributed by atoms with Crippen molar-refractivity contribution in [2.45, 2.75) is 26.7 Å². The van der Waals surface area contributed by atoms with Crippen LogP contribution < -0.4 is 0 Å². The van der Waals surface area contributed by atoms with Gasteiger partial charge in [-0.25, -0.2) is 0 Å². The summed E-state index contributed by atoms with van der Waals surface area (Å²) in [6, 6.07) is 2.09. The molecule has 0 saturated heterocycles. The number of carbonyl (C=O) groups excluding carboxylic acids is 1. The maximum Gasteiger partial charge on any atom is 0.243 e. The minimum Gasteiger partial charge on any atom is -0.333 e. The highest BCUT2D eigenvalue weighted by Gasteiger charge is 2.36. The molecule has 76 valence electrons. The highest BCUT2D eigenvalue weighted by atomic mass is 16.2.